The number of thiophene rings is 1. The van der Waals surface area contributed by atoms with Crippen molar-refractivity contribution >= 4 is 28.8 Å². The molecule has 0 aromatic carbocycles. The Kier molecular flexibility index (Phi) is 3.29. The Hall–Kier alpha value is -0.580. The molecule has 82 valence electrons. The van der Waals surface area contributed by atoms with Gasteiger partial charge >= 0.3 is 0 Å². The molecule has 0 radical (unpaired) electrons. The van der Waals surface area contributed by atoms with Crippen LogP contribution in [0.25, 0.3) is 0 Å². The maximum Gasteiger partial charge on any atom is 0.265 e. The lowest BCUT2D eigenvalue weighted by Crippen LogP contribution is -2.39. The lowest BCUT2D eigenvalue weighted by Gasteiger charge is -2.22. The third kappa shape index (κ3) is 2.02. The zero-order chi connectivity index (χ0) is 10.8. The van der Waals surface area contributed by atoms with Crippen molar-refractivity contribution in [2.24, 2.45) is 5.73 Å². The summed E-state index contributed by atoms with van der Waals surface area (Å²) in [6, 6.07) is 1.95. The molecule has 0 bridgehead atoms. The molecule has 1 aliphatic heterocycles. The van der Waals surface area contributed by atoms with Gasteiger partial charge in [-0.25, -0.2) is 0 Å². The van der Waals surface area contributed by atoms with Crippen molar-refractivity contribution in [1.82, 2.24) is 4.90 Å². The minimum Gasteiger partial charge on any atom is -0.334 e. The monoisotopic (exact) mass is 244 g/mol. The van der Waals surface area contributed by atoms with Crippen LogP contribution in [0.15, 0.2) is 11.4 Å². The molecular formula is C10H13ClN2OS. The molecule has 2 heterocycles. The van der Waals surface area contributed by atoms with Crippen molar-refractivity contribution in [2.75, 3.05) is 13.1 Å². The number of nitrogens with zero attached hydrogens (tertiary/aromatic N) is 1. The minimum absolute atomic E-state index is 0.0305. The van der Waals surface area contributed by atoms with Crippen LogP contribution in [-0.2, 0) is 0 Å². The Balaban J connectivity index is 2.18. The standard InChI is InChI=1S/C10H13ClN2OS/c11-8-3-5-15-9(8)10(14)13-4-1-2-7(13)6-12/h3,5,7H,1-2,4,6,12H2. The first kappa shape index (κ1) is 10.9. The number of halogens is 1. The highest BCUT2D eigenvalue weighted by atomic mass is 35.5. The predicted octanol–water partition coefficient (Wildman–Crippen LogP) is 1.96. The van der Waals surface area contributed by atoms with Crippen LogP contribution in [0.2, 0.25) is 5.02 Å². The summed E-state index contributed by atoms with van der Waals surface area (Å²) in [5.41, 5.74) is 5.63. The van der Waals surface area contributed by atoms with E-state index in [1.54, 1.807) is 6.07 Å². The van der Waals surface area contributed by atoms with Crippen LogP contribution in [0.5, 0.6) is 0 Å². The fraction of sp³-hybridized carbons (Fsp3) is 0.500. The molecule has 1 fully saturated rings. The highest BCUT2D eigenvalue weighted by Gasteiger charge is 2.29. The molecule has 0 aliphatic carbocycles. The van der Waals surface area contributed by atoms with Crippen molar-refractivity contribution in [3.8, 4) is 0 Å². The Morgan fingerprint density at radius 1 is 1.73 bits per heavy atom. The molecule has 1 aliphatic rings. The molecule has 1 unspecified atom stereocenters. The van der Waals surface area contributed by atoms with Crippen molar-refractivity contribution < 1.29 is 4.79 Å². The first-order valence-corrected chi connectivity index (χ1v) is 6.24. The van der Waals surface area contributed by atoms with Crippen molar-refractivity contribution in [2.45, 2.75) is 18.9 Å². The van der Waals surface area contributed by atoms with E-state index < -0.39 is 0 Å². The minimum atomic E-state index is 0.0305. The van der Waals surface area contributed by atoms with Gasteiger partial charge in [0.05, 0.1) is 5.02 Å². The van der Waals surface area contributed by atoms with E-state index in [2.05, 4.69) is 0 Å². The number of carbonyl (C=O) groups excluding carboxylic acids is 1. The van der Waals surface area contributed by atoms with Gasteiger partial charge in [-0.05, 0) is 24.3 Å². The third-order valence-electron chi connectivity index (χ3n) is 2.72. The molecule has 15 heavy (non-hydrogen) atoms. The van der Waals surface area contributed by atoms with E-state index in [9.17, 15) is 4.79 Å². The summed E-state index contributed by atoms with van der Waals surface area (Å²) in [5, 5.41) is 2.39. The van der Waals surface area contributed by atoms with Gasteiger partial charge in [0.25, 0.3) is 5.91 Å². The van der Waals surface area contributed by atoms with Crippen LogP contribution in [-0.4, -0.2) is 29.9 Å². The van der Waals surface area contributed by atoms with E-state index in [4.69, 9.17) is 17.3 Å². The molecule has 5 heteroatoms. The second kappa shape index (κ2) is 4.51. The molecule has 2 N–H and O–H groups in total. The van der Waals surface area contributed by atoms with Crippen LogP contribution in [0, 0.1) is 0 Å². The topological polar surface area (TPSA) is 46.3 Å². The van der Waals surface area contributed by atoms with Crippen molar-refractivity contribution in [3.63, 3.8) is 0 Å². The molecule has 1 aromatic rings. The second-order valence-corrected chi connectivity index (χ2v) is 4.95. The first-order valence-electron chi connectivity index (χ1n) is 4.98. The van der Waals surface area contributed by atoms with Gasteiger partial charge in [-0.3, -0.25) is 4.79 Å². The molecule has 1 saturated heterocycles. The van der Waals surface area contributed by atoms with Crippen LogP contribution in [0.4, 0.5) is 0 Å². The van der Waals surface area contributed by atoms with Crippen molar-refractivity contribution in [3.05, 3.63) is 21.3 Å². The number of carbonyl (C=O) groups is 1. The largest absolute Gasteiger partial charge is 0.334 e. The van der Waals surface area contributed by atoms with Gasteiger partial charge in [-0.2, -0.15) is 0 Å². The zero-order valence-electron chi connectivity index (χ0n) is 8.28. The highest BCUT2D eigenvalue weighted by molar-refractivity contribution is 7.12. The molecular weight excluding hydrogens is 232 g/mol. The maximum atomic E-state index is 12.1. The number of likely N-dealkylation sites (tertiary alicyclic amines) is 1. The zero-order valence-corrected chi connectivity index (χ0v) is 9.85. The summed E-state index contributed by atoms with van der Waals surface area (Å²) in [5.74, 6) is 0.0305. The number of hydrogen-bond acceptors (Lipinski definition) is 3. The number of amides is 1. The van der Waals surface area contributed by atoms with Gasteiger partial charge in [0, 0.05) is 19.1 Å². The van der Waals surface area contributed by atoms with Crippen LogP contribution >= 0.6 is 22.9 Å². The lowest BCUT2D eigenvalue weighted by atomic mass is 10.2. The van der Waals surface area contributed by atoms with Gasteiger partial charge in [0.15, 0.2) is 0 Å². The van der Waals surface area contributed by atoms with Crippen LogP contribution in [0.3, 0.4) is 0 Å². The summed E-state index contributed by atoms with van der Waals surface area (Å²) in [4.78, 5) is 14.6. The van der Waals surface area contributed by atoms with Gasteiger partial charge in [-0.1, -0.05) is 11.6 Å². The van der Waals surface area contributed by atoms with Crippen molar-refractivity contribution in [1.29, 1.82) is 0 Å². The van der Waals surface area contributed by atoms with E-state index in [0.29, 0.717) is 16.4 Å². The molecule has 2 rings (SSSR count). The average molecular weight is 245 g/mol. The fourth-order valence-electron chi connectivity index (χ4n) is 1.92. The highest BCUT2D eigenvalue weighted by Crippen LogP contribution is 2.27. The van der Waals surface area contributed by atoms with Gasteiger partial charge in [0.2, 0.25) is 0 Å². The molecule has 0 saturated carbocycles. The first-order chi connectivity index (χ1) is 7.24. The normalized spacial score (nSPS) is 20.9. The second-order valence-electron chi connectivity index (χ2n) is 3.63. The summed E-state index contributed by atoms with van der Waals surface area (Å²) in [6.07, 6.45) is 2.04. The van der Waals surface area contributed by atoms with E-state index in [1.165, 1.54) is 11.3 Å². The number of hydrogen-bond donors (Lipinski definition) is 1. The Morgan fingerprint density at radius 3 is 3.13 bits per heavy atom. The summed E-state index contributed by atoms with van der Waals surface area (Å²) in [7, 11) is 0. The van der Waals surface area contributed by atoms with Gasteiger partial charge in [0.1, 0.15) is 4.88 Å². The summed E-state index contributed by atoms with van der Waals surface area (Å²) < 4.78 is 0. The average Bonchev–Trinajstić information content (AvgIpc) is 2.84. The SMILES string of the molecule is NCC1CCCN1C(=O)c1sccc1Cl. The molecule has 3 nitrogen and oxygen atoms in total. The summed E-state index contributed by atoms with van der Waals surface area (Å²) in [6.45, 7) is 1.34. The number of nitrogens with two attached hydrogens (primary N) is 1. The van der Waals surface area contributed by atoms with Gasteiger partial charge in [-0.15, -0.1) is 11.3 Å². The summed E-state index contributed by atoms with van der Waals surface area (Å²) >= 11 is 7.33. The van der Waals surface area contributed by atoms with E-state index in [0.717, 1.165) is 19.4 Å². The molecule has 1 amide bonds. The van der Waals surface area contributed by atoms with E-state index >= 15 is 0 Å². The van der Waals surface area contributed by atoms with Gasteiger partial charge < -0.3 is 10.6 Å². The molecule has 0 spiro atoms. The smallest absolute Gasteiger partial charge is 0.265 e. The van der Waals surface area contributed by atoms with Crippen LogP contribution < -0.4 is 5.73 Å². The Bertz CT molecular complexity index is 366. The fourth-order valence-corrected chi connectivity index (χ4v) is 3.02. The molecule has 1 aromatic heterocycles. The maximum absolute atomic E-state index is 12.1. The Morgan fingerprint density at radius 2 is 2.53 bits per heavy atom. The Labute approximate surface area is 97.8 Å². The van der Waals surface area contributed by atoms with E-state index in [-0.39, 0.29) is 11.9 Å². The van der Waals surface area contributed by atoms with E-state index in [1.807, 2.05) is 10.3 Å². The third-order valence-corrected chi connectivity index (χ3v) is 4.05. The number of rotatable bonds is 2. The predicted molar refractivity (Wildman–Crippen MR) is 62.4 cm³/mol. The van der Waals surface area contributed by atoms with Crippen LogP contribution in [0.1, 0.15) is 22.5 Å². The quantitative estimate of drug-likeness (QED) is 0.865. The lowest BCUT2D eigenvalue weighted by molar-refractivity contribution is 0.0746. The molecule has 1 atom stereocenters.